The van der Waals surface area contributed by atoms with Gasteiger partial charge < -0.3 is 15.2 Å². The van der Waals surface area contributed by atoms with Crippen molar-refractivity contribution < 1.29 is 9.84 Å². The minimum Gasteiger partial charge on any atom is -0.493 e. The molecule has 1 aromatic rings. The fourth-order valence-electron chi connectivity index (χ4n) is 2.10. The Bertz CT molecular complexity index is 336. The van der Waals surface area contributed by atoms with Crippen molar-refractivity contribution in [2.24, 2.45) is 0 Å². The highest BCUT2D eigenvalue weighted by atomic mass is 16.5. The van der Waals surface area contributed by atoms with Gasteiger partial charge in [-0.25, -0.2) is 0 Å². The van der Waals surface area contributed by atoms with Gasteiger partial charge in [-0.05, 0) is 12.5 Å². The highest BCUT2D eigenvalue weighted by Gasteiger charge is 2.22. The Morgan fingerprint density at radius 1 is 1.50 bits per heavy atom. The number of rotatable bonds is 4. The van der Waals surface area contributed by atoms with Crippen molar-refractivity contribution in [1.82, 2.24) is 5.32 Å². The van der Waals surface area contributed by atoms with Crippen molar-refractivity contribution in [2.45, 2.75) is 31.8 Å². The average molecular weight is 221 g/mol. The predicted molar refractivity (Wildman–Crippen MR) is 63.6 cm³/mol. The second-order valence-electron chi connectivity index (χ2n) is 4.18. The van der Waals surface area contributed by atoms with Gasteiger partial charge in [0.25, 0.3) is 0 Å². The fourth-order valence-corrected chi connectivity index (χ4v) is 2.10. The van der Waals surface area contributed by atoms with Crippen LogP contribution in [0.25, 0.3) is 0 Å². The lowest BCUT2D eigenvalue weighted by Crippen LogP contribution is -2.37. The highest BCUT2D eigenvalue weighted by molar-refractivity contribution is 5.37. The summed E-state index contributed by atoms with van der Waals surface area (Å²) in [5.41, 5.74) is 1.21. The Morgan fingerprint density at radius 3 is 3.06 bits per heavy atom. The van der Waals surface area contributed by atoms with E-state index in [1.54, 1.807) is 0 Å². The summed E-state index contributed by atoms with van der Waals surface area (Å²) in [6.07, 6.45) is 1.91. The molecule has 1 heterocycles. The summed E-state index contributed by atoms with van der Waals surface area (Å²) < 4.78 is 5.60. The smallest absolute Gasteiger partial charge is 0.124 e. The van der Waals surface area contributed by atoms with Crippen LogP contribution in [0, 0.1) is 0 Å². The van der Waals surface area contributed by atoms with Gasteiger partial charge >= 0.3 is 0 Å². The van der Waals surface area contributed by atoms with Gasteiger partial charge in [-0.2, -0.15) is 0 Å². The zero-order valence-electron chi connectivity index (χ0n) is 9.65. The predicted octanol–water partition coefficient (Wildman–Crippen LogP) is 1.87. The molecule has 0 fully saturated rings. The van der Waals surface area contributed by atoms with Gasteiger partial charge in [-0.3, -0.25) is 0 Å². The van der Waals surface area contributed by atoms with E-state index < -0.39 is 0 Å². The Morgan fingerprint density at radius 2 is 2.31 bits per heavy atom. The molecule has 1 unspecified atom stereocenters. The van der Waals surface area contributed by atoms with Crippen LogP contribution in [-0.2, 0) is 0 Å². The van der Waals surface area contributed by atoms with Gasteiger partial charge in [0, 0.05) is 24.1 Å². The molecule has 0 spiro atoms. The molecule has 2 rings (SSSR count). The minimum atomic E-state index is 0.177. The maximum absolute atomic E-state index is 9.21. The molecule has 0 aromatic heterocycles. The van der Waals surface area contributed by atoms with Gasteiger partial charge in [0.1, 0.15) is 5.75 Å². The summed E-state index contributed by atoms with van der Waals surface area (Å²) >= 11 is 0. The van der Waals surface area contributed by atoms with Crippen molar-refractivity contribution in [1.29, 1.82) is 0 Å². The molecule has 1 aliphatic rings. The lowest BCUT2D eigenvalue weighted by molar-refractivity contribution is 0.201. The summed E-state index contributed by atoms with van der Waals surface area (Å²) in [5.74, 6) is 0.971. The second kappa shape index (κ2) is 5.32. The van der Waals surface area contributed by atoms with E-state index in [2.05, 4.69) is 18.3 Å². The van der Waals surface area contributed by atoms with E-state index in [-0.39, 0.29) is 12.6 Å². The van der Waals surface area contributed by atoms with Crippen LogP contribution in [0.2, 0.25) is 0 Å². The number of ether oxygens (including phenoxy) is 1. The standard InChI is InChI=1S/C13H19NO2/c1-2-10(9-15)14-12-7-8-16-13-6-4-3-5-11(12)13/h3-6,10,12,14-15H,2,7-9H2,1H3/t10-,12?/m0/s1. The number of aliphatic hydroxyl groups excluding tert-OH is 1. The molecule has 0 amide bonds. The number of aliphatic hydroxyl groups is 1. The van der Waals surface area contributed by atoms with E-state index in [0.717, 1.165) is 25.2 Å². The molecule has 2 atom stereocenters. The van der Waals surface area contributed by atoms with Gasteiger partial charge in [-0.1, -0.05) is 25.1 Å². The molecule has 1 aliphatic heterocycles. The minimum absolute atomic E-state index is 0.177. The lowest BCUT2D eigenvalue weighted by Gasteiger charge is -2.29. The van der Waals surface area contributed by atoms with Gasteiger partial charge in [-0.15, -0.1) is 0 Å². The largest absolute Gasteiger partial charge is 0.493 e. The summed E-state index contributed by atoms with van der Waals surface area (Å²) in [4.78, 5) is 0. The number of nitrogens with one attached hydrogen (secondary N) is 1. The van der Waals surface area contributed by atoms with Crippen molar-refractivity contribution in [3.63, 3.8) is 0 Å². The molecule has 0 saturated heterocycles. The Balaban J connectivity index is 2.12. The van der Waals surface area contributed by atoms with Crippen molar-refractivity contribution in [3.05, 3.63) is 29.8 Å². The van der Waals surface area contributed by atoms with Crippen LogP contribution in [0.1, 0.15) is 31.4 Å². The topological polar surface area (TPSA) is 41.5 Å². The zero-order chi connectivity index (χ0) is 11.4. The number of hydrogen-bond acceptors (Lipinski definition) is 3. The SMILES string of the molecule is CC[C@@H](CO)NC1CCOc2ccccc21. The van der Waals surface area contributed by atoms with E-state index in [9.17, 15) is 5.11 Å². The van der Waals surface area contributed by atoms with Crippen LogP contribution in [0.4, 0.5) is 0 Å². The zero-order valence-corrected chi connectivity index (χ0v) is 9.65. The summed E-state index contributed by atoms with van der Waals surface area (Å²) in [6.45, 7) is 3.02. The molecule has 1 aromatic carbocycles. The first-order valence-electron chi connectivity index (χ1n) is 5.93. The first kappa shape index (κ1) is 11.4. The third-order valence-corrected chi connectivity index (χ3v) is 3.11. The third-order valence-electron chi connectivity index (χ3n) is 3.11. The summed E-state index contributed by atoms with van der Waals surface area (Å²) in [7, 11) is 0. The number of benzene rings is 1. The Kier molecular flexibility index (Phi) is 3.80. The quantitative estimate of drug-likeness (QED) is 0.815. The molecule has 2 N–H and O–H groups in total. The fraction of sp³-hybridized carbons (Fsp3) is 0.538. The van der Waals surface area contributed by atoms with Gasteiger partial charge in [0.05, 0.1) is 13.2 Å². The summed E-state index contributed by atoms with van der Waals surface area (Å²) in [5, 5.41) is 12.7. The molecule has 0 bridgehead atoms. The number of fused-ring (bicyclic) bond motifs is 1. The van der Waals surface area contributed by atoms with Crippen LogP contribution in [0.15, 0.2) is 24.3 Å². The van der Waals surface area contributed by atoms with E-state index in [1.165, 1.54) is 5.56 Å². The van der Waals surface area contributed by atoms with Crippen LogP contribution in [0.5, 0.6) is 5.75 Å². The lowest BCUT2D eigenvalue weighted by atomic mass is 9.99. The van der Waals surface area contributed by atoms with E-state index in [4.69, 9.17) is 4.74 Å². The molecular formula is C13H19NO2. The maximum atomic E-state index is 9.21. The van der Waals surface area contributed by atoms with Crippen LogP contribution in [0.3, 0.4) is 0 Å². The van der Waals surface area contributed by atoms with E-state index >= 15 is 0 Å². The number of hydrogen-bond donors (Lipinski definition) is 2. The Labute approximate surface area is 96.4 Å². The monoisotopic (exact) mass is 221 g/mol. The van der Waals surface area contributed by atoms with Crippen LogP contribution < -0.4 is 10.1 Å². The molecule has 16 heavy (non-hydrogen) atoms. The van der Waals surface area contributed by atoms with Crippen molar-refractivity contribution in [3.8, 4) is 5.75 Å². The normalized spacial score (nSPS) is 21.0. The molecule has 0 saturated carbocycles. The highest BCUT2D eigenvalue weighted by Crippen LogP contribution is 2.31. The summed E-state index contributed by atoms with van der Waals surface area (Å²) in [6, 6.07) is 8.60. The third kappa shape index (κ3) is 2.36. The molecule has 0 radical (unpaired) electrons. The Hall–Kier alpha value is -1.06. The maximum Gasteiger partial charge on any atom is 0.124 e. The molecular weight excluding hydrogens is 202 g/mol. The van der Waals surface area contributed by atoms with Crippen LogP contribution >= 0.6 is 0 Å². The van der Waals surface area contributed by atoms with Crippen molar-refractivity contribution >= 4 is 0 Å². The molecule has 88 valence electrons. The van der Waals surface area contributed by atoms with Gasteiger partial charge in [0.15, 0.2) is 0 Å². The van der Waals surface area contributed by atoms with E-state index in [0.29, 0.717) is 6.04 Å². The van der Waals surface area contributed by atoms with Gasteiger partial charge in [0.2, 0.25) is 0 Å². The first-order chi connectivity index (χ1) is 7.85. The van der Waals surface area contributed by atoms with E-state index in [1.807, 2.05) is 18.2 Å². The molecule has 3 nitrogen and oxygen atoms in total. The van der Waals surface area contributed by atoms with Crippen LogP contribution in [-0.4, -0.2) is 24.4 Å². The average Bonchev–Trinajstić information content (AvgIpc) is 2.36. The van der Waals surface area contributed by atoms with Crippen molar-refractivity contribution in [2.75, 3.05) is 13.2 Å². The first-order valence-corrected chi connectivity index (χ1v) is 5.93. The number of para-hydroxylation sites is 1. The molecule has 3 heteroatoms. The molecule has 0 aliphatic carbocycles. The second-order valence-corrected chi connectivity index (χ2v) is 4.18.